The van der Waals surface area contributed by atoms with Gasteiger partial charge in [-0.3, -0.25) is 0 Å². The number of amides is 2. The van der Waals surface area contributed by atoms with E-state index >= 15 is 0 Å². The van der Waals surface area contributed by atoms with Gasteiger partial charge in [-0.05, 0) is 24.0 Å². The third kappa shape index (κ3) is 5.41. The van der Waals surface area contributed by atoms with Crippen molar-refractivity contribution in [2.45, 2.75) is 32.9 Å². The average Bonchev–Trinajstić information content (AvgIpc) is 3.05. The summed E-state index contributed by atoms with van der Waals surface area (Å²) in [5.41, 5.74) is 1.97. The third-order valence-electron chi connectivity index (χ3n) is 3.46. The van der Waals surface area contributed by atoms with Crippen molar-refractivity contribution in [1.29, 1.82) is 0 Å². The van der Waals surface area contributed by atoms with Gasteiger partial charge in [0.05, 0.1) is 18.1 Å². The van der Waals surface area contributed by atoms with Gasteiger partial charge >= 0.3 is 6.03 Å². The van der Waals surface area contributed by atoms with Crippen LogP contribution < -0.4 is 10.6 Å². The number of benzene rings is 1. The van der Waals surface area contributed by atoms with Crippen LogP contribution in [0.2, 0.25) is 0 Å². The molecule has 0 bridgehead atoms. The van der Waals surface area contributed by atoms with Crippen LogP contribution >= 0.6 is 0 Å². The van der Waals surface area contributed by atoms with Crippen molar-refractivity contribution in [3.63, 3.8) is 0 Å². The maximum absolute atomic E-state index is 11.9. The Morgan fingerprint density at radius 2 is 2.09 bits per heavy atom. The molecule has 2 amide bonds. The Morgan fingerprint density at radius 3 is 2.78 bits per heavy atom. The van der Waals surface area contributed by atoms with Gasteiger partial charge < -0.3 is 20.3 Å². The first-order valence-electron chi connectivity index (χ1n) is 7.82. The number of aliphatic hydroxyl groups is 1. The van der Waals surface area contributed by atoms with Crippen LogP contribution in [0, 0.1) is 5.92 Å². The number of carbonyl (C=O) groups excluding carboxylic acids is 1. The lowest BCUT2D eigenvalue weighted by Crippen LogP contribution is -2.39. The molecule has 2 aromatic rings. The summed E-state index contributed by atoms with van der Waals surface area (Å²) in [7, 11) is 0. The van der Waals surface area contributed by atoms with Crippen molar-refractivity contribution in [2.75, 3.05) is 6.54 Å². The fourth-order valence-corrected chi connectivity index (χ4v) is 2.39. The Balaban J connectivity index is 1.85. The SMILES string of the molecule is CC(C)CC(O)CNC(=O)NCc1ccccc1-n1ccnc1. The number of nitrogens with one attached hydrogen (secondary N) is 2. The molecular weight excluding hydrogens is 292 g/mol. The van der Waals surface area contributed by atoms with Gasteiger partial charge in [-0.25, -0.2) is 9.78 Å². The van der Waals surface area contributed by atoms with Crippen molar-refractivity contribution < 1.29 is 9.90 Å². The lowest BCUT2D eigenvalue weighted by Gasteiger charge is -2.15. The zero-order valence-corrected chi connectivity index (χ0v) is 13.6. The first-order chi connectivity index (χ1) is 11.1. The molecule has 1 heterocycles. The Hall–Kier alpha value is -2.34. The molecule has 0 saturated carbocycles. The molecular formula is C17H24N4O2. The predicted molar refractivity (Wildman–Crippen MR) is 89.3 cm³/mol. The molecule has 0 fully saturated rings. The summed E-state index contributed by atoms with van der Waals surface area (Å²) in [6.45, 7) is 4.74. The van der Waals surface area contributed by atoms with Gasteiger partial charge in [0, 0.05) is 25.5 Å². The topological polar surface area (TPSA) is 79.2 Å². The van der Waals surface area contributed by atoms with E-state index in [0.717, 1.165) is 11.3 Å². The van der Waals surface area contributed by atoms with E-state index in [1.165, 1.54) is 0 Å². The molecule has 0 radical (unpaired) electrons. The summed E-state index contributed by atoms with van der Waals surface area (Å²) < 4.78 is 1.90. The van der Waals surface area contributed by atoms with Gasteiger partial charge in [-0.1, -0.05) is 32.0 Å². The van der Waals surface area contributed by atoms with Gasteiger partial charge in [-0.15, -0.1) is 0 Å². The van der Waals surface area contributed by atoms with Gasteiger partial charge in [-0.2, -0.15) is 0 Å². The van der Waals surface area contributed by atoms with E-state index in [1.54, 1.807) is 12.5 Å². The van der Waals surface area contributed by atoms with Crippen LogP contribution in [0.15, 0.2) is 43.0 Å². The molecule has 6 heteroatoms. The van der Waals surface area contributed by atoms with Crippen LogP contribution in [0.1, 0.15) is 25.8 Å². The second-order valence-electron chi connectivity index (χ2n) is 5.95. The van der Waals surface area contributed by atoms with Gasteiger partial charge in [0.1, 0.15) is 0 Å². The van der Waals surface area contributed by atoms with Crippen LogP contribution in [0.5, 0.6) is 0 Å². The zero-order valence-electron chi connectivity index (χ0n) is 13.6. The molecule has 2 rings (SSSR count). The van der Waals surface area contributed by atoms with Crippen LogP contribution in [0.4, 0.5) is 4.79 Å². The molecule has 1 aromatic heterocycles. The Labute approximate surface area is 136 Å². The van der Waals surface area contributed by atoms with E-state index in [-0.39, 0.29) is 12.6 Å². The van der Waals surface area contributed by atoms with Crippen molar-refractivity contribution >= 4 is 6.03 Å². The molecule has 1 aromatic carbocycles. The number of carbonyl (C=O) groups is 1. The number of para-hydroxylation sites is 1. The first kappa shape index (κ1) is 17.0. The van der Waals surface area contributed by atoms with Gasteiger partial charge in [0.15, 0.2) is 0 Å². The summed E-state index contributed by atoms with van der Waals surface area (Å²) in [5.74, 6) is 0.400. The molecule has 1 unspecified atom stereocenters. The molecule has 23 heavy (non-hydrogen) atoms. The summed E-state index contributed by atoms with van der Waals surface area (Å²) in [6, 6.07) is 7.53. The van der Waals surface area contributed by atoms with Crippen molar-refractivity contribution in [3.05, 3.63) is 48.5 Å². The van der Waals surface area contributed by atoms with E-state index < -0.39 is 6.10 Å². The highest BCUT2D eigenvalue weighted by Gasteiger charge is 2.09. The molecule has 0 aliphatic heterocycles. The Kier molecular flexibility index (Phi) is 6.17. The minimum Gasteiger partial charge on any atom is -0.391 e. The van der Waals surface area contributed by atoms with Crippen molar-refractivity contribution in [1.82, 2.24) is 20.2 Å². The lowest BCUT2D eigenvalue weighted by molar-refractivity contribution is 0.147. The molecule has 0 saturated heterocycles. The van der Waals surface area contributed by atoms with E-state index in [2.05, 4.69) is 15.6 Å². The molecule has 6 nitrogen and oxygen atoms in total. The number of urea groups is 1. The number of rotatable bonds is 7. The van der Waals surface area contributed by atoms with Gasteiger partial charge in [0.25, 0.3) is 0 Å². The largest absolute Gasteiger partial charge is 0.391 e. The molecule has 3 N–H and O–H groups in total. The zero-order chi connectivity index (χ0) is 16.7. The molecule has 0 spiro atoms. The minimum atomic E-state index is -0.515. The highest BCUT2D eigenvalue weighted by atomic mass is 16.3. The van der Waals surface area contributed by atoms with Gasteiger partial charge in [0.2, 0.25) is 0 Å². The number of imidazole rings is 1. The van der Waals surface area contributed by atoms with Crippen LogP contribution in [0.25, 0.3) is 5.69 Å². The normalized spacial score (nSPS) is 12.2. The Bertz CT molecular complexity index is 611. The van der Waals surface area contributed by atoms with E-state index in [9.17, 15) is 9.90 Å². The highest BCUT2D eigenvalue weighted by molar-refractivity contribution is 5.74. The predicted octanol–water partition coefficient (Wildman–Crippen LogP) is 2.08. The standard InChI is InChI=1S/C17H24N4O2/c1-13(2)9-15(22)11-20-17(23)19-10-14-5-3-4-6-16(14)21-8-7-18-12-21/h3-8,12-13,15,22H,9-11H2,1-2H3,(H2,19,20,23). The van der Waals surface area contributed by atoms with Crippen LogP contribution in [0.3, 0.4) is 0 Å². The summed E-state index contributed by atoms with van der Waals surface area (Å²) in [4.78, 5) is 15.9. The molecule has 124 valence electrons. The second-order valence-corrected chi connectivity index (χ2v) is 5.95. The summed E-state index contributed by atoms with van der Waals surface area (Å²) in [6.07, 6.45) is 5.46. The highest BCUT2D eigenvalue weighted by Crippen LogP contribution is 2.13. The average molecular weight is 316 g/mol. The van der Waals surface area contributed by atoms with Crippen molar-refractivity contribution in [3.8, 4) is 5.69 Å². The lowest BCUT2D eigenvalue weighted by atomic mass is 10.1. The fraction of sp³-hybridized carbons (Fsp3) is 0.412. The van der Waals surface area contributed by atoms with Crippen LogP contribution in [-0.4, -0.2) is 33.3 Å². The quantitative estimate of drug-likeness (QED) is 0.732. The fourth-order valence-electron chi connectivity index (χ4n) is 2.39. The van der Waals surface area contributed by atoms with E-state index in [0.29, 0.717) is 18.9 Å². The summed E-state index contributed by atoms with van der Waals surface area (Å²) in [5, 5.41) is 15.3. The van der Waals surface area contributed by atoms with Crippen molar-refractivity contribution in [2.24, 2.45) is 5.92 Å². The summed E-state index contributed by atoms with van der Waals surface area (Å²) >= 11 is 0. The third-order valence-corrected chi connectivity index (χ3v) is 3.46. The van der Waals surface area contributed by atoms with Crippen LogP contribution in [-0.2, 0) is 6.54 Å². The number of aliphatic hydroxyl groups excluding tert-OH is 1. The number of hydrogen-bond donors (Lipinski definition) is 3. The monoisotopic (exact) mass is 316 g/mol. The molecule has 1 atom stereocenters. The van der Waals surface area contributed by atoms with E-state index in [4.69, 9.17) is 0 Å². The molecule has 0 aliphatic carbocycles. The van der Waals surface area contributed by atoms with E-state index in [1.807, 2.05) is 48.9 Å². The smallest absolute Gasteiger partial charge is 0.315 e. The molecule has 0 aliphatic rings. The number of nitrogens with zero attached hydrogens (tertiary/aromatic N) is 2. The maximum atomic E-state index is 11.9. The number of hydrogen-bond acceptors (Lipinski definition) is 3. The Morgan fingerprint density at radius 1 is 1.30 bits per heavy atom. The maximum Gasteiger partial charge on any atom is 0.315 e. The first-order valence-corrected chi connectivity index (χ1v) is 7.82. The second kappa shape index (κ2) is 8.33. The number of aromatic nitrogens is 2. The minimum absolute atomic E-state index is 0.257.